The van der Waals surface area contributed by atoms with Gasteiger partial charge in [0.15, 0.2) is 11.5 Å². The van der Waals surface area contributed by atoms with Crippen LogP contribution >= 0.6 is 50.7 Å². The Balaban J connectivity index is 1.85. The van der Waals surface area contributed by atoms with Crippen LogP contribution in [0.25, 0.3) is 6.08 Å². The van der Waals surface area contributed by atoms with Crippen molar-refractivity contribution >= 4 is 68.4 Å². The molecule has 0 aliphatic rings. The summed E-state index contributed by atoms with van der Waals surface area (Å²) in [6.07, 6.45) is 1.46. The van der Waals surface area contributed by atoms with Crippen LogP contribution in [-0.2, 0) is 11.4 Å². The zero-order chi connectivity index (χ0) is 24.7. The van der Waals surface area contributed by atoms with Gasteiger partial charge in [0.1, 0.15) is 18.2 Å². The number of hydrogen-bond donors (Lipinski definition) is 1. The zero-order valence-electron chi connectivity index (χ0n) is 17.9. The second-order valence-corrected chi connectivity index (χ2v) is 9.04. The molecular weight excluding hydrogens is 563 g/mol. The molecule has 0 unspecified atom stereocenters. The number of nitrogens with zero attached hydrogens (tertiary/aromatic N) is 1. The number of benzene rings is 3. The highest BCUT2D eigenvalue weighted by molar-refractivity contribution is 9.10. The highest BCUT2D eigenvalue weighted by Gasteiger charge is 2.15. The molecule has 0 aliphatic carbocycles. The molecule has 0 heterocycles. The van der Waals surface area contributed by atoms with E-state index in [2.05, 4.69) is 21.2 Å². The molecule has 1 amide bonds. The van der Waals surface area contributed by atoms with Gasteiger partial charge in [-0.15, -0.1) is 0 Å². The number of ether oxygens (including phenoxy) is 2. The van der Waals surface area contributed by atoms with Gasteiger partial charge in [-0.3, -0.25) is 4.79 Å². The van der Waals surface area contributed by atoms with E-state index >= 15 is 0 Å². The van der Waals surface area contributed by atoms with E-state index in [1.54, 1.807) is 30.3 Å². The molecular formula is C25H18BrCl3N2O3. The number of nitrogens with one attached hydrogen (secondary N) is 1. The number of carbonyl (C=O) groups excluding carboxylic acids is 1. The van der Waals surface area contributed by atoms with Crippen LogP contribution in [0.3, 0.4) is 0 Å². The number of anilines is 1. The molecule has 3 aromatic carbocycles. The maximum Gasteiger partial charge on any atom is 0.266 e. The highest BCUT2D eigenvalue weighted by Crippen LogP contribution is 2.38. The van der Waals surface area contributed by atoms with Crippen LogP contribution in [0, 0.1) is 11.3 Å². The minimum Gasteiger partial charge on any atom is -0.490 e. The van der Waals surface area contributed by atoms with E-state index in [9.17, 15) is 10.1 Å². The topological polar surface area (TPSA) is 71.3 Å². The van der Waals surface area contributed by atoms with E-state index in [1.807, 2.05) is 31.2 Å². The summed E-state index contributed by atoms with van der Waals surface area (Å²) in [7, 11) is 0. The Labute approximate surface area is 221 Å². The van der Waals surface area contributed by atoms with Crippen LogP contribution < -0.4 is 14.8 Å². The van der Waals surface area contributed by atoms with Gasteiger partial charge in [-0.2, -0.15) is 5.26 Å². The molecule has 0 bridgehead atoms. The Bertz CT molecular complexity index is 1290. The normalized spacial score (nSPS) is 11.0. The fourth-order valence-corrected chi connectivity index (χ4v) is 4.03. The minimum atomic E-state index is -0.587. The van der Waals surface area contributed by atoms with E-state index in [-0.39, 0.29) is 12.2 Å². The predicted octanol–water partition coefficient (Wildman–Crippen LogP) is 7.93. The average molecular weight is 581 g/mol. The number of amides is 1. The molecule has 3 rings (SSSR count). The summed E-state index contributed by atoms with van der Waals surface area (Å²) < 4.78 is 12.3. The molecule has 0 atom stereocenters. The van der Waals surface area contributed by atoms with Gasteiger partial charge in [0.2, 0.25) is 0 Å². The largest absolute Gasteiger partial charge is 0.490 e. The van der Waals surface area contributed by atoms with Crippen molar-refractivity contribution in [3.8, 4) is 17.6 Å². The molecule has 0 radical (unpaired) electrons. The van der Waals surface area contributed by atoms with Gasteiger partial charge in [0, 0.05) is 10.7 Å². The molecule has 0 fully saturated rings. The number of carbonyl (C=O) groups is 1. The maximum atomic E-state index is 12.6. The number of halogens is 4. The van der Waals surface area contributed by atoms with Crippen molar-refractivity contribution in [1.29, 1.82) is 5.26 Å². The molecule has 0 spiro atoms. The van der Waals surface area contributed by atoms with Crippen molar-refractivity contribution in [2.75, 3.05) is 11.9 Å². The van der Waals surface area contributed by atoms with E-state index in [4.69, 9.17) is 44.3 Å². The van der Waals surface area contributed by atoms with Crippen LogP contribution in [0.2, 0.25) is 15.1 Å². The van der Waals surface area contributed by atoms with Crippen molar-refractivity contribution < 1.29 is 14.3 Å². The Hall–Kier alpha value is -2.69. The standard InChI is InChI=1S/C25H18BrCl3N2O3/c1-2-33-23-11-16(10-20(26)24(23)34-14-15-4-3-5-18(27)9-15)8-17(13-30)25(32)31-19-6-7-21(28)22(29)12-19/h3-12H,2,14H2,1H3,(H,31,32)/b17-8+. The molecule has 0 saturated carbocycles. The third-order valence-corrected chi connectivity index (χ3v) is 6.02. The van der Waals surface area contributed by atoms with E-state index in [1.165, 1.54) is 12.1 Å². The summed E-state index contributed by atoms with van der Waals surface area (Å²) >= 11 is 21.4. The van der Waals surface area contributed by atoms with Crippen molar-refractivity contribution in [2.45, 2.75) is 13.5 Å². The number of hydrogen-bond acceptors (Lipinski definition) is 4. The third kappa shape index (κ3) is 6.91. The van der Waals surface area contributed by atoms with Crippen molar-refractivity contribution in [3.05, 3.63) is 90.8 Å². The zero-order valence-corrected chi connectivity index (χ0v) is 21.7. The lowest BCUT2D eigenvalue weighted by Gasteiger charge is -2.15. The molecule has 0 aromatic heterocycles. The van der Waals surface area contributed by atoms with E-state index in [0.29, 0.717) is 48.9 Å². The first-order valence-electron chi connectivity index (χ1n) is 10.0. The SMILES string of the molecule is CCOc1cc(/C=C(\C#N)C(=O)Nc2ccc(Cl)c(Cl)c2)cc(Br)c1OCc1cccc(Cl)c1. The first kappa shape index (κ1) is 25.9. The van der Waals surface area contributed by atoms with Crippen LogP contribution in [0.1, 0.15) is 18.1 Å². The van der Waals surface area contributed by atoms with E-state index < -0.39 is 5.91 Å². The van der Waals surface area contributed by atoms with Gasteiger partial charge in [0.05, 0.1) is 21.1 Å². The summed E-state index contributed by atoms with van der Waals surface area (Å²) in [4.78, 5) is 12.6. The predicted molar refractivity (Wildman–Crippen MR) is 140 cm³/mol. The van der Waals surface area contributed by atoms with Crippen molar-refractivity contribution in [3.63, 3.8) is 0 Å². The minimum absolute atomic E-state index is 0.104. The Kier molecular flexibility index (Phi) is 9.26. The Morgan fingerprint density at radius 1 is 1.09 bits per heavy atom. The summed E-state index contributed by atoms with van der Waals surface area (Å²) in [6, 6.07) is 17.4. The fourth-order valence-electron chi connectivity index (χ4n) is 2.94. The molecule has 9 heteroatoms. The van der Waals surface area contributed by atoms with Crippen LogP contribution in [0.4, 0.5) is 5.69 Å². The quantitative estimate of drug-likeness (QED) is 0.217. The Morgan fingerprint density at radius 2 is 1.88 bits per heavy atom. The summed E-state index contributed by atoms with van der Waals surface area (Å²) in [5.41, 5.74) is 1.79. The first-order chi connectivity index (χ1) is 16.3. The van der Waals surface area contributed by atoms with Gasteiger partial charge in [0.25, 0.3) is 5.91 Å². The molecule has 174 valence electrons. The monoisotopic (exact) mass is 578 g/mol. The van der Waals surface area contributed by atoms with Gasteiger partial charge in [-0.05, 0) is 82.5 Å². The molecule has 0 aliphatic heterocycles. The molecule has 34 heavy (non-hydrogen) atoms. The number of rotatable bonds is 8. The summed E-state index contributed by atoms with van der Waals surface area (Å²) in [6.45, 7) is 2.53. The molecule has 3 aromatic rings. The lowest BCUT2D eigenvalue weighted by atomic mass is 10.1. The first-order valence-corrected chi connectivity index (χ1v) is 11.9. The van der Waals surface area contributed by atoms with Crippen LogP contribution in [-0.4, -0.2) is 12.5 Å². The van der Waals surface area contributed by atoms with Gasteiger partial charge in [-0.1, -0.05) is 46.9 Å². The average Bonchev–Trinajstić information content (AvgIpc) is 2.79. The third-order valence-electron chi connectivity index (χ3n) is 4.46. The van der Waals surface area contributed by atoms with Gasteiger partial charge < -0.3 is 14.8 Å². The second kappa shape index (κ2) is 12.1. The lowest BCUT2D eigenvalue weighted by molar-refractivity contribution is -0.112. The molecule has 5 nitrogen and oxygen atoms in total. The second-order valence-electron chi connectivity index (χ2n) is 6.93. The van der Waals surface area contributed by atoms with Crippen LogP contribution in [0.15, 0.2) is 64.6 Å². The van der Waals surface area contributed by atoms with Gasteiger partial charge in [-0.25, -0.2) is 0 Å². The van der Waals surface area contributed by atoms with Gasteiger partial charge >= 0.3 is 0 Å². The maximum absolute atomic E-state index is 12.6. The van der Waals surface area contributed by atoms with Crippen LogP contribution in [0.5, 0.6) is 11.5 Å². The fraction of sp³-hybridized carbons (Fsp3) is 0.120. The number of nitriles is 1. The summed E-state index contributed by atoms with van der Waals surface area (Å²) in [5, 5.41) is 13.5. The van der Waals surface area contributed by atoms with Crippen molar-refractivity contribution in [1.82, 2.24) is 0 Å². The van der Waals surface area contributed by atoms with E-state index in [0.717, 1.165) is 5.56 Å². The van der Waals surface area contributed by atoms with Crippen molar-refractivity contribution in [2.24, 2.45) is 0 Å². The molecule has 0 saturated heterocycles. The molecule has 1 N–H and O–H groups in total. The smallest absolute Gasteiger partial charge is 0.266 e. The highest BCUT2D eigenvalue weighted by atomic mass is 79.9. The Morgan fingerprint density at radius 3 is 2.56 bits per heavy atom. The summed E-state index contributed by atoms with van der Waals surface area (Å²) in [5.74, 6) is 0.376. The lowest BCUT2D eigenvalue weighted by Crippen LogP contribution is -2.13.